The Hall–Kier alpha value is -2.80. The smallest absolute Gasteiger partial charge is 0.260 e. The molecule has 1 saturated heterocycles. The normalized spacial score (nSPS) is 24.2. The van der Waals surface area contributed by atoms with Gasteiger partial charge in [-0.3, -0.25) is 9.59 Å². The topological polar surface area (TPSA) is 58.6 Å². The summed E-state index contributed by atoms with van der Waals surface area (Å²) in [5, 5.41) is 3.24. The van der Waals surface area contributed by atoms with Crippen molar-refractivity contribution >= 4 is 29.7 Å². The minimum absolute atomic E-state index is 0.00339. The maximum Gasteiger partial charge on any atom is 0.260 e. The van der Waals surface area contributed by atoms with Crippen LogP contribution in [0.1, 0.15) is 30.4 Å². The minimum Gasteiger partial charge on any atom is -0.497 e. The number of fused-ring (bicyclic) bond motifs is 1. The van der Waals surface area contributed by atoms with Gasteiger partial charge in [-0.05, 0) is 60.7 Å². The molecule has 5 nitrogen and oxygen atoms in total. The fourth-order valence-electron chi connectivity index (χ4n) is 4.35. The Kier molecular flexibility index (Phi) is 6.84. The van der Waals surface area contributed by atoms with Gasteiger partial charge in [0.2, 0.25) is 5.91 Å². The summed E-state index contributed by atoms with van der Waals surface area (Å²) in [6, 6.07) is 13.8. The lowest BCUT2D eigenvalue weighted by atomic mass is 9.83. The van der Waals surface area contributed by atoms with Crippen molar-refractivity contribution in [3.05, 3.63) is 70.4 Å². The van der Waals surface area contributed by atoms with Gasteiger partial charge in [0.15, 0.2) is 0 Å². The van der Waals surface area contributed by atoms with Crippen molar-refractivity contribution in [2.75, 3.05) is 14.2 Å². The lowest BCUT2D eigenvalue weighted by molar-refractivity contribution is -0.132. The van der Waals surface area contributed by atoms with Crippen LogP contribution in [-0.2, 0) is 16.1 Å². The predicted octanol–water partition coefficient (Wildman–Crippen LogP) is 4.23. The van der Waals surface area contributed by atoms with Crippen molar-refractivity contribution < 1.29 is 18.7 Å². The number of nitrogens with zero attached hydrogens (tertiary/aromatic N) is 1. The molecule has 168 valence electrons. The number of likely N-dealkylation sites (N-methyl/N-ethyl adjacent to an activating group) is 1. The summed E-state index contributed by atoms with van der Waals surface area (Å²) in [5.74, 6) is 0.325. The van der Waals surface area contributed by atoms with Crippen LogP contribution in [0, 0.1) is 11.7 Å². The van der Waals surface area contributed by atoms with Gasteiger partial charge in [-0.25, -0.2) is 4.39 Å². The molecule has 2 aromatic carbocycles. The first-order valence-corrected chi connectivity index (χ1v) is 11.6. The fourth-order valence-corrected chi connectivity index (χ4v) is 5.83. The van der Waals surface area contributed by atoms with Gasteiger partial charge < -0.3 is 15.0 Å². The number of hydrogen-bond acceptors (Lipinski definition) is 4. The largest absolute Gasteiger partial charge is 0.497 e. The molecule has 4 rings (SSSR count). The third-order valence-corrected chi connectivity index (χ3v) is 7.60. The predicted molar refractivity (Wildman–Crippen MR) is 124 cm³/mol. The summed E-state index contributed by atoms with van der Waals surface area (Å²) >= 11 is 1.62. The third kappa shape index (κ3) is 4.99. The number of ether oxygens (including phenoxy) is 1. The van der Waals surface area contributed by atoms with E-state index in [1.165, 1.54) is 12.1 Å². The van der Waals surface area contributed by atoms with Crippen molar-refractivity contribution in [1.29, 1.82) is 0 Å². The molecular weight excluding hydrogens is 427 g/mol. The molecule has 2 aliphatic rings. The molecule has 7 heteroatoms. The Morgan fingerprint density at radius 3 is 2.78 bits per heavy atom. The van der Waals surface area contributed by atoms with Gasteiger partial charge in [-0.1, -0.05) is 24.3 Å². The zero-order valence-corrected chi connectivity index (χ0v) is 19.0. The average Bonchev–Trinajstić information content (AvgIpc) is 2.81. The molecule has 1 saturated carbocycles. The molecule has 2 amide bonds. The van der Waals surface area contributed by atoms with Crippen LogP contribution < -0.4 is 10.1 Å². The number of thioether (sulfide) groups is 1. The zero-order valence-electron chi connectivity index (χ0n) is 18.2. The van der Waals surface area contributed by atoms with E-state index in [0.717, 1.165) is 34.6 Å². The Bertz CT molecular complexity index is 1020. The van der Waals surface area contributed by atoms with Gasteiger partial charge >= 0.3 is 0 Å². The Labute approximate surface area is 192 Å². The molecule has 2 fully saturated rings. The number of benzene rings is 2. The van der Waals surface area contributed by atoms with Gasteiger partial charge in [-0.2, -0.15) is 0 Å². The van der Waals surface area contributed by atoms with Crippen LogP contribution in [0.2, 0.25) is 0 Å². The standard InChI is InChI=1S/C25H27FN2O3S/c1-28-21-14-18(24(29)27-15-16-6-9-19(26)10-7-16)8-11-22(21)32-23(25(28)30)13-17-4-3-5-20(12-17)31-2/h3-7,9-10,12-13,18,21-22H,8,11,14-15H2,1-2H3,(H,27,29)/b23-13-. The van der Waals surface area contributed by atoms with Gasteiger partial charge in [0.05, 0.1) is 12.0 Å². The molecule has 1 aliphatic heterocycles. The first kappa shape index (κ1) is 22.4. The van der Waals surface area contributed by atoms with Crippen LogP contribution in [0.15, 0.2) is 53.4 Å². The van der Waals surface area contributed by atoms with E-state index in [-0.39, 0.29) is 34.8 Å². The fraction of sp³-hybridized carbons (Fsp3) is 0.360. The number of carbonyl (C=O) groups excluding carboxylic acids is 2. The van der Waals surface area contributed by atoms with Gasteiger partial charge in [0.1, 0.15) is 11.6 Å². The highest BCUT2D eigenvalue weighted by Crippen LogP contribution is 2.43. The van der Waals surface area contributed by atoms with Crippen molar-refractivity contribution in [1.82, 2.24) is 10.2 Å². The van der Waals surface area contributed by atoms with Crippen LogP contribution in [-0.4, -0.2) is 42.2 Å². The second-order valence-electron chi connectivity index (χ2n) is 8.28. The van der Waals surface area contributed by atoms with Crippen molar-refractivity contribution in [3.8, 4) is 5.75 Å². The highest BCUT2D eigenvalue weighted by molar-refractivity contribution is 8.04. The number of rotatable bonds is 5. The van der Waals surface area contributed by atoms with Crippen LogP contribution in [0.25, 0.3) is 6.08 Å². The minimum atomic E-state index is -0.291. The quantitative estimate of drug-likeness (QED) is 0.687. The number of halogens is 1. The van der Waals surface area contributed by atoms with E-state index < -0.39 is 0 Å². The molecule has 3 unspecified atom stereocenters. The van der Waals surface area contributed by atoms with Crippen molar-refractivity contribution in [2.24, 2.45) is 5.92 Å². The Morgan fingerprint density at radius 1 is 1.25 bits per heavy atom. The monoisotopic (exact) mass is 454 g/mol. The summed E-state index contributed by atoms with van der Waals surface area (Å²) in [4.78, 5) is 28.3. The summed E-state index contributed by atoms with van der Waals surface area (Å²) in [7, 11) is 3.46. The highest BCUT2D eigenvalue weighted by atomic mass is 32.2. The molecule has 0 spiro atoms. The van der Waals surface area contributed by atoms with E-state index >= 15 is 0 Å². The highest BCUT2D eigenvalue weighted by Gasteiger charge is 2.42. The van der Waals surface area contributed by atoms with Crippen LogP contribution in [0.4, 0.5) is 4.39 Å². The molecule has 0 bridgehead atoms. The Balaban J connectivity index is 1.39. The maximum absolute atomic E-state index is 13.1. The SMILES string of the molecule is COc1cccc(/C=C2\SC3CCC(C(=O)NCc4ccc(F)cc4)CC3N(C)C2=O)c1. The molecule has 2 aromatic rings. The lowest BCUT2D eigenvalue weighted by Gasteiger charge is -2.44. The van der Waals surface area contributed by atoms with Crippen LogP contribution in [0.3, 0.4) is 0 Å². The van der Waals surface area contributed by atoms with E-state index in [9.17, 15) is 14.0 Å². The van der Waals surface area contributed by atoms with Gasteiger partial charge in [0.25, 0.3) is 5.91 Å². The first-order valence-electron chi connectivity index (χ1n) is 10.8. The molecule has 1 N–H and O–H groups in total. The number of nitrogens with one attached hydrogen (secondary N) is 1. The summed E-state index contributed by atoms with van der Waals surface area (Å²) in [6.07, 6.45) is 4.24. The van der Waals surface area contributed by atoms with E-state index in [2.05, 4.69) is 5.32 Å². The third-order valence-electron chi connectivity index (χ3n) is 6.20. The van der Waals surface area contributed by atoms with Gasteiger partial charge in [-0.15, -0.1) is 11.8 Å². The summed E-state index contributed by atoms with van der Waals surface area (Å²) in [6.45, 7) is 0.376. The molecule has 32 heavy (non-hydrogen) atoms. The second kappa shape index (κ2) is 9.77. The van der Waals surface area contributed by atoms with E-state index in [0.29, 0.717) is 13.0 Å². The summed E-state index contributed by atoms with van der Waals surface area (Å²) < 4.78 is 18.3. The first-order chi connectivity index (χ1) is 15.4. The maximum atomic E-state index is 13.1. The van der Waals surface area contributed by atoms with E-state index in [1.807, 2.05) is 37.4 Å². The van der Waals surface area contributed by atoms with Gasteiger partial charge in [0, 0.05) is 30.8 Å². The molecule has 3 atom stereocenters. The number of amides is 2. The van der Waals surface area contributed by atoms with Crippen molar-refractivity contribution in [3.63, 3.8) is 0 Å². The second-order valence-corrected chi connectivity index (χ2v) is 9.56. The van der Waals surface area contributed by atoms with Crippen LogP contribution in [0.5, 0.6) is 5.75 Å². The van der Waals surface area contributed by atoms with Crippen LogP contribution >= 0.6 is 11.8 Å². The molecule has 0 aromatic heterocycles. The molecule has 1 heterocycles. The van der Waals surface area contributed by atoms with Crippen molar-refractivity contribution in [2.45, 2.75) is 37.1 Å². The molecule has 1 aliphatic carbocycles. The van der Waals surface area contributed by atoms with E-state index in [1.54, 1.807) is 35.9 Å². The lowest BCUT2D eigenvalue weighted by Crippen LogP contribution is -2.52. The number of hydrogen-bond donors (Lipinski definition) is 1. The van der Waals surface area contributed by atoms with E-state index in [4.69, 9.17) is 4.74 Å². The molecular formula is C25H27FN2O3S. The Morgan fingerprint density at radius 2 is 2.03 bits per heavy atom. The summed E-state index contributed by atoms with van der Waals surface area (Å²) in [5.41, 5.74) is 1.79. The molecule has 0 radical (unpaired) electrons. The zero-order chi connectivity index (χ0) is 22.7. The number of methoxy groups -OCH3 is 1. The number of carbonyl (C=O) groups is 2. The average molecular weight is 455 g/mol.